The molecule has 0 saturated carbocycles. The molecule has 2 saturated heterocycles. The molecule has 2 N–H and O–H groups in total. The standard InChI is InChI=1S/C18H20N4O2S.2ClH/c23-17(12-3-7-19-8-4-12)21-15-6-10-25-16(15)18(24)22-13-1-2-14(22)11-20-9-5-13;;/h3-4,6-8,10,13-14,20H,1-2,5,9,11H2,(H,21,23);2*1H. The Morgan fingerprint density at radius 1 is 1.11 bits per heavy atom. The van der Waals surface area contributed by atoms with Crippen LogP contribution in [0.15, 0.2) is 36.0 Å². The quantitative estimate of drug-likeness (QED) is 0.786. The van der Waals surface area contributed by atoms with Gasteiger partial charge in [-0.3, -0.25) is 14.6 Å². The number of anilines is 1. The van der Waals surface area contributed by atoms with Gasteiger partial charge in [0, 0.05) is 36.6 Å². The largest absolute Gasteiger partial charge is 0.331 e. The Morgan fingerprint density at radius 3 is 2.63 bits per heavy atom. The summed E-state index contributed by atoms with van der Waals surface area (Å²) in [6.45, 7) is 1.81. The lowest BCUT2D eigenvalue weighted by Gasteiger charge is -2.27. The minimum absolute atomic E-state index is 0. The summed E-state index contributed by atoms with van der Waals surface area (Å²) < 4.78 is 0. The molecule has 2 aliphatic heterocycles. The van der Waals surface area contributed by atoms with Crippen LogP contribution in [0.25, 0.3) is 0 Å². The van der Waals surface area contributed by atoms with Crippen molar-refractivity contribution in [3.63, 3.8) is 0 Å². The molecule has 2 atom stereocenters. The summed E-state index contributed by atoms with van der Waals surface area (Å²) in [6, 6.07) is 5.67. The third-order valence-corrected chi connectivity index (χ3v) is 5.84. The Balaban J connectivity index is 0.00000131. The lowest BCUT2D eigenvalue weighted by atomic mass is 10.1. The number of hydrogen-bond acceptors (Lipinski definition) is 5. The van der Waals surface area contributed by atoms with Crippen LogP contribution in [0.4, 0.5) is 5.69 Å². The van der Waals surface area contributed by atoms with Crippen LogP contribution in [-0.4, -0.2) is 46.9 Å². The van der Waals surface area contributed by atoms with E-state index in [0.29, 0.717) is 22.2 Å². The molecule has 2 unspecified atom stereocenters. The first-order valence-electron chi connectivity index (χ1n) is 8.56. The number of thiophene rings is 1. The SMILES string of the molecule is Cl.Cl.O=C(Nc1ccsc1C(=O)N1C2CCNCC1CC2)c1ccncc1. The molecule has 4 rings (SSSR count). The summed E-state index contributed by atoms with van der Waals surface area (Å²) in [5.41, 5.74) is 1.12. The minimum Gasteiger partial charge on any atom is -0.331 e. The van der Waals surface area contributed by atoms with Gasteiger partial charge in [0.05, 0.1) is 5.69 Å². The van der Waals surface area contributed by atoms with Crippen molar-refractivity contribution in [1.82, 2.24) is 15.2 Å². The van der Waals surface area contributed by atoms with Crippen molar-refractivity contribution >= 4 is 53.7 Å². The third-order valence-electron chi connectivity index (χ3n) is 4.94. The number of aromatic nitrogens is 1. The van der Waals surface area contributed by atoms with E-state index in [2.05, 4.69) is 15.6 Å². The van der Waals surface area contributed by atoms with Crippen molar-refractivity contribution in [2.24, 2.45) is 0 Å². The summed E-state index contributed by atoms with van der Waals surface area (Å²) >= 11 is 1.39. The van der Waals surface area contributed by atoms with E-state index < -0.39 is 0 Å². The van der Waals surface area contributed by atoms with E-state index in [1.165, 1.54) is 11.3 Å². The first-order valence-corrected chi connectivity index (χ1v) is 9.44. The summed E-state index contributed by atoms with van der Waals surface area (Å²) in [5, 5.41) is 8.14. The zero-order valence-electron chi connectivity index (χ0n) is 14.6. The van der Waals surface area contributed by atoms with Gasteiger partial charge in [-0.25, -0.2) is 0 Å². The highest BCUT2D eigenvalue weighted by molar-refractivity contribution is 7.12. The van der Waals surface area contributed by atoms with Crippen LogP contribution >= 0.6 is 36.2 Å². The van der Waals surface area contributed by atoms with E-state index >= 15 is 0 Å². The number of fused-ring (bicyclic) bond motifs is 2. The van der Waals surface area contributed by atoms with E-state index in [9.17, 15) is 9.59 Å². The smallest absolute Gasteiger partial charge is 0.266 e. The van der Waals surface area contributed by atoms with Crippen molar-refractivity contribution in [3.05, 3.63) is 46.4 Å². The molecule has 0 aliphatic carbocycles. The van der Waals surface area contributed by atoms with Gasteiger partial charge in [-0.1, -0.05) is 0 Å². The van der Waals surface area contributed by atoms with Gasteiger partial charge in [0.25, 0.3) is 11.8 Å². The van der Waals surface area contributed by atoms with Crippen LogP contribution in [0.2, 0.25) is 0 Å². The van der Waals surface area contributed by atoms with Crippen molar-refractivity contribution in [2.45, 2.75) is 31.3 Å². The Hall–Kier alpha value is -1.67. The second-order valence-electron chi connectivity index (χ2n) is 6.44. The van der Waals surface area contributed by atoms with E-state index in [-0.39, 0.29) is 42.7 Å². The molecule has 146 valence electrons. The van der Waals surface area contributed by atoms with Gasteiger partial charge in [0.1, 0.15) is 4.88 Å². The molecule has 9 heteroatoms. The van der Waals surface area contributed by atoms with Crippen LogP contribution in [0.1, 0.15) is 39.3 Å². The van der Waals surface area contributed by atoms with Gasteiger partial charge in [-0.15, -0.1) is 36.2 Å². The molecule has 2 fully saturated rings. The van der Waals surface area contributed by atoms with Gasteiger partial charge in [0.15, 0.2) is 0 Å². The van der Waals surface area contributed by atoms with Crippen molar-refractivity contribution < 1.29 is 9.59 Å². The molecule has 0 radical (unpaired) electrons. The van der Waals surface area contributed by atoms with Gasteiger partial charge >= 0.3 is 0 Å². The average molecular weight is 429 g/mol. The number of nitrogens with one attached hydrogen (secondary N) is 2. The fourth-order valence-electron chi connectivity index (χ4n) is 3.70. The number of pyridine rings is 1. The molecule has 0 spiro atoms. The Bertz CT molecular complexity index is 773. The zero-order valence-corrected chi connectivity index (χ0v) is 17.0. The van der Waals surface area contributed by atoms with E-state index in [1.54, 1.807) is 30.6 Å². The topological polar surface area (TPSA) is 74.3 Å². The molecule has 6 nitrogen and oxygen atoms in total. The van der Waals surface area contributed by atoms with Gasteiger partial charge < -0.3 is 15.5 Å². The normalized spacial score (nSPS) is 20.8. The Labute approximate surface area is 174 Å². The third kappa shape index (κ3) is 4.43. The average Bonchev–Trinajstić information content (AvgIpc) is 3.18. The highest BCUT2D eigenvalue weighted by Gasteiger charge is 2.39. The van der Waals surface area contributed by atoms with E-state index in [4.69, 9.17) is 0 Å². The van der Waals surface area contributed by atoms with Crippen LogP contribution in [0, 0.1) is 0 Å². The maximum absolute atomic E-state index is 13.2. The van der Waals surface area contributed by atoms with Crippen LogP contribution in [0.3, 0.4) is 0 Å². The zero-order chi connectivity index (χ0) is 17.2. The monoisotopic (exact) mass is 428 g/mol. The number of carbonyl (C=O) groups excluding carboxylic acids is 2. The van der Waals surface area contributed by atoms with Gasteiger partial charge in [0.2, 0.25) is 0 Å². The maximum Gasteiger partial charge on any atom is 0.266 e. The number of rotatable bonds is 3. The maximum atomic E-state index is 13.2. The second kappa shape index (κ2) is 9.50. The van der Waals surface area contributed by atoms with E-state index in [0.717, 1.165) is 32.4 Å². The number of amides is 2. The highest BCUT2D eigenvalue weighted by Crippen LogP contribution is 2.33. The van der Waals surface area contributed by atoms with Crippen LogP contribution < -0.4 is 10.6 Å². The lowest BCUT2D eigenvalue weighted by Crippen LogP contribution is -2.42. The molecule has 2 amide bonds. The Morgan fingerprint density at radius 2 is 1.85 bits per heavy atom. The molecule has 2 bridgehead atoms. The summed E-state index contributed by atoms with van der Waals surface area (Å²) in [6.07, 6.45) is 6.27. The molecular formula is C18H22Cl2N4O2S. The van der Waals surface area contributed by atoms with Gasteiger partial charge in [-0.05, 0) is 49.4 Å². The summed E-state index contributed by atoms with van der Waals surface area (Å²) in [4.78, 5) is 32.1. The molecule has 2 aromatic heterocycles. The fourth-order valence-corrected chi connectivity index (χ4v) is 4.49. The first-order chi connectivity index (χ1) is 12.2. The molecule has 27 heavy (non-hydrogen) atoms. The van der Waals surface area contributed by atoms with Crippen LogP contribution in [-0.2, 0) is 0 Å². The summed E-state index contributed by atoms with van der Waals surface area (Å²) in [5.74, 6) is -0.188. The van der Waals surface area contributed by atoms with Gasteiger partial charge in [-0.2, -0.15) is 0 Å². The predicted molar refractivity (Wildman–Crippen MR) is 111 cm³/mol. The minimum atomic E-state index is -0.227. The lowest BCUT2D eigenvalue weighted by molar-refractivity contribution is 0.0686. The van der Waals surface area contributed by atoms with Crippen molar-refractivity contribution in [3.8, 4) is 0 Å². The van der Waals surface area contributed by atoms with Crippen molar-refractivity contribution in [1.29, 1.82) is 0 Å². The van der Waals surface area contributed by atoms with Crippen molar-refractivity contribution in [2.75, 3.05) is 18.4 Å². The summed E-state index contributed by atoms with van der Waals surface area (Å²) in [7, 11) is 0. The molecular weight excluding hydrogens is 407 g/mol. The van der Waals surface area contributed by atoms with E-state index in [1.807, 2.05) is 10.3 Å². The first kappa shape index (κ1) is 21.6. The second-order valence-corrected chi connectivity index (χ2v) is 7.36. The molecule has 4 heterocycles. The fraction of sp³-hybridized carbons (Fsp3) is 0.389. The highest BCUT2D eigenvalue weighted by atomic mass is 35.5. The predicted octanol–water partition coefficient (Wildman–Crippen LogP) is 3.21. The number of hydrogen-bond donors (Lipinski definition) is 2. The number of halogens is 2. The molecule has 2 aromatic rings. The van der Waals surface area contributed by atoms with Crippen LogP contribution in [0.5, 0.6) is 0 Å². The molecule has 2 aliphatic rings. The Kier molecular flexibility index (Phi) is 7.61. The number of carbonyl (C=O) groups is 2. The number of nitrogens with zero attached hydrogens (tertiary/aromatic N) is 2. The molecule has 0 aromatic carbocycles.